The van der Waals surface area contributed by atoms with Gasteiger partial charge in [0.1, 0.15) is 12.6 Å². The highest BCUT2D eigenvalue weighted by molar-refractivity contribution is 7.92. The molecule has 224 valence electrons. The average Bonchev–Trinajstić information content (AvgIpc) is 3.03. The first-order valence-electron chi connectivity index (χ1n) is 15.1. The lowest BCUT2D eigenvalue weighted by Gasteiger charge is -2.34. The third-order valence-electron chi connectivity index (χ3n) is 8.06. The van der Waals surface area contributed by atoms with Gasteiger partial charge in [-0.3, -0.25) is 13.9 Å². The molecule has 0 heterocycles. The Bertz CT molecular complexity index is 1390. The quantitative estimate of drug-likeness (QED) is 0.275. The van der Waals surface area contributed by atoms with E-state index in [1.165, 1.54) is 22.9 Å². The van der Waals surface area contributed by atoms with Gasteiger partial charge in [-0.1, -0.05) is 93.8 Å². The predicted molar refractivity (Wildman–Crippen MR) is 168 cm³/mol. The molecule has 1 fully saturated rings. The second-order valence-corrected chi connectivity index (χ2v) is 12.8. The molecule has 4 rings (SSSR count). The summed E-state index contributed by atoms with van der Waals surface area (Å²) in [7, 11) is -4.06. The number of amides is 2. The van der Waals surface area contributed by atoms with Crippen molar-refractivity contribution in [3.8, 4) is 0 Å². The second-order valence-electron chi connectivity index (χ2n) is 10.9. The summed E-state index contributed by atoms with van der Waals surface area (Å²) < 4.78 is 29.0. The number of hydrogen-bond acceptors (Lipinski definition) is 4. The molecule has 0 bridgehead atoms. The fraction of sp³-hybridized carbons (Fsp3) is 0.412. The Morgan fingerprint density at radius 3 is 2.05 bits per heavy atom. The van der Waals surface area contributed by atoms with Crippen LogP contribution in [-0.4, -0.2) is 50.3 Å². The first-order chi connectivity index (χ1) is 20.3. The van der Waals surface area contributed by atoms with E-state index in [4.69, 9.17) is 0 Å². The molecule has 3 aromatic rings. The molecule has 1 aliphatic rings. The van der Waals surface area contributed by atoms with Crippen LogP contribution in [0.4, 0.5) is 5.69 Å². The molecule has 1 aliphatic carbocycles. The summed E-state index contributed by atoms with van der Waals surface area (Å²) >= 11 is 0. The molecule has 1 N–H and O–H groups in total. The van der Waals surface area contributed by atoms with E-state index in [0.29, 0.717) is 25.1 Å². The van der Waals surface area contributed by atoms with Gasteiger partial charge in [0.05, 0.1) is 10.6 Å². The predicted octanol–water partition coefficient (Wildman–Crippen LogP) is 5.74. The Labute approximate surface area is 251 Å². The van der Waals surface area contributed by atoms with Crippen LogP contribution in [0.15, 0.2) is 89.8 Å². The topological polar surface area (TPSA) is 86.8 Å². The molecule has 0 aromatic heterocycles. The smallest absolute Gasteiger partial charge is 0.264 e. The summed E-state index contributed by atoms with van der Waals surface area (Å²) in [4.78, 5) is 29.5. The van der Waals surface area contributed by atoms with Crippen LogP contribution in [0.5, 0.6) is 0 Å². The molecule has 8 heteroatoms. The van der Waals surface area contributed by atoms with Gasteiger partial charge in [-0.25, -0.2) is 8.42 Å². The number of aryl methyl sites for hydroxylation is 1. The molecule has 1 saturated carbocycles. The van der Waals surface area contributed by atoms with E-state index in [1.54, 1.807) is 35.2 Å². The summed E-state index contributed by atoms with van der Waals surface area (Å²) in [5, 5.41) is 3.19. The number of sulfonamides is 1. The zero-order valence-corrected chi connectivity index (χ0v) is 25.6. The maximum absolute atomic E-state index is 14.2. The SMILES string of the molecule is CCc1ccc(N(CC(=O)N(CCc2ccccc2)[C@H](CC)C(=O)NC2CCCCC2)S(=O)(=O)c2ccccc2)cc1. The number of rotatable bonds is 13. The standard InChI is InChI=1S/C34H43N3O4S/c1-3-27-20-22-30(23-21-27)37(42(40,41)31-18-12-7-13-19-31)26-33(38)36(25-24-28-14-8-5-9-15-28)32(4-2)34(39)35-29-16-10-6-11-17-29/h5,7-9,12-15,18-23,29,32H,3-4,6,10-11,16-17,24-26H2,1-2H3,(H,35,39)/t32-/m1/s1. The van der Waals surface area contributed by atoms with Gasteiger partial charge in [0.15, 0.2) is 0 Å². The molecule has 3 aromatic carbocycles. The average molecular weight is 590 g/mol. The van der Waals surface area contributed by atoms with E-state index < -0.39 is 28.5 Å². The molecule has 0 spiro atoms. The van der Waals surface area contributed by atoms with Crippen molar-refractivity contribution >= 4 is 27.5 Å². The van der Waals surface area contributed by atoms with Gasteiger partial charge in [0, 0.05) is 12.6 Å². The van der Waals surface area contributed by atoms with E-state index in [9.17, 15) is 18.0 Å². The minimum absolute atomic E-state index is 0.107. The summed E-state index contributed by atoms with van der Waals surface area (Å²) in [5.41, 5.74) is 2.52. The Morgan fingerprint density at radius 2 is 1.45 bits per heavy atom. The van der Waals surface area contributed by atoms with Gasteiger partial charge in [-0.05, 0) is 67.5 Å². The Kier molecular flexibility index (Phi) is 11.2. The highest BCUT2D eigenvalue weighted by atomic mass is 32.2. The molecular formula is C34H43N3O4S. The summed E-state index contributed by atoms with van der Waals surface area (Å²) in [5.74, 6) is -0.578. The number of nitrogens with one attached hydrogen (secondary N) is 1. The van der Waals surface area contributed by atoms with E-state index in [-0.39, 0.29) is 16.8 Å². The van der Waals surface area contributed by atoms with E-state index in [2.05, 4.69) is 5.32 Å². The van der Waals surface area contributed by atoms with Crippen LogP contribution in [-0.2, 0) is 32.5 Å². The van der Waals surface area contributed by atoms with Gasteiger partial charge >= 0.3 is 0 Å². The number of nitrogens with zero attached hydrogens (tertiary/aromatic N) is 2. The normalized spacial score (nSPS) is 14.6. The van der Waals surface area contributed by atoms with Gasteiger partial charge in [0.2, 0.25) is 11.8 Å². The van der Waals surface area contributed by atoms with Crippen LogP contribution in [0.3, 0.4) is 0 Å². The molecule has 0 saturated heterocycles. The summed E-state index contributed by atoms with van der Waals surface area (Å²) in [6, 6.07) is 24.6. The summed E-state index contributed by atoms with van der Waals surface area (Å²) in [6.45, 7) is 3.82. The number of anilines is 1. The fourth-order valence-electron chi connectivity index (χ4n) is 5.59. The minimum atomic E-state index is -4.06. The molecule has 2 amide bonds. The first-order valence-corrected chi connectivity index (χ1v) is 16.6. The van der Waals surface area contributed by atoms with E-state index in [1.807, 2.05) is 56.3 Å². The molecule has 7 nitrogen and oxygen atoms in total. The number of carbonyl (C=O) groups is 2. The first kappa shape index (κ1) is 31.3. The molecular weight excluding hydrogens is 546 g/mol. The van der Waals surface area contributed by atoms with Gasteiger partial charge < -0.3 is 10.2 Å². The summed E-state index contributed by atoms with van der Waals surface area (Å²) in [6.07, 6.45) is 7.02. The van der Waals surface area contributed by atoms with Gasteiger partial charge in [0.25, 0.3) is 10.0 Å². The van der Waals surface area contributed by atoms with Crippen molar-refractivity contribution in [3.63, 3.8) is 0 Å². The van der Waals surface area contributed by atoms with Crippen molar-refractivity contribution in [3.05, 3.63) is 96.1 Å². The lowest BCUT2D eigenvalue weighted by molar-refractivity contribution is -0.140. The van der Waals surface area contributed by atoms with Crippen molar-refractivity contribution in [1.29, 1.82) is 0 Å². The number of carbonyl (C=O) groups excluding carboxylic acids is 2. The molecule has 1 atom stereocenters. The van der Waals surface area contributed by atoms with Crippen LogP contribution >= 0.6 is 0 Å². The maximum atomic E-state index is 14.2. The largest absolute Gasteiger partial charge is 0.352 e. The highest BCUT2D eigenvalue weighted by Crippen LogP contribution is 2.25. The number of benzene rings is 3. The zero-order chi connectivity index (χ0) is 30.0. The number of hydrogen-bond donors (Lipinski definition) is 1. The fourth-order valence-corrected chi connectivity index (χ4v) is 7.02. The van der Waals surface area contributed by atoms with Crippen LogP contribution in [0.1, 0.15) is 63.5 Å². The Hall–Kier alpha value is -3.65. The van der Waals surface area contributed by atoms with Gasteiger partial charge in [-0.2, -0.15) is 0 Å². The second kappa shape index (κ2) is 15.0. The van der Waals surface area contributed by atoms with Crippen molar-refractivity contribution in [2.75, 3.05) is 17.4 Å². The maximum Gasteiger partial charge on any atom is 0.264 e. The monoisotopic (exact) mass is 589 g/mol. The third kappa shape index (κ3) is 8.00. The van der Waals surface area contributed by atoms with Crippen LogP contribution in [0, 0.1) is 0 Å². The lowest BCUT2D eigenvalue weighted by Crippen LogP contribution is -2.54. The van der Waals surface area contributed by atoms with Crippen molar-refractivity contribution in [2.45, 2.75) is 82.2 Å². The molecule has 0 radical (unpaired) electrons. The van der Waals surface area contributed by atoms with Crippen molar-refractivity contribution in [1.82, 2.24) is 10.2 Å². The van der Waals surface area contributed by atoms with Crippen LogP contribution in [0.25, 0.3) is 0 Å². The minimum Gasteiger partial charge on any atom is -0.352 e. The lowest BCUT2D eigenvalue weighted by atomic mass is 9.95. The molecule has 0 aliphatic heterocycles. The Balaban J connectivity index is 1.65. The highest BCUT2D eigenvalue weighted by Gasteiger charge is 2.34. The van der Waals surface area contributed by atoms with Crippen LogP contribution < -0.4 is 9.62 Å². The van der Waals surface area contributed by atoms with E-state index >= 15 is 0 Å². The third-order valence-corrected chi connectivity index (χ3v) is 9.85. The Morgan fingerprint density at radius 1 is 0.833 bits per heavy atom. The molecule has 0 unspecified atom stereocenters. The van der Waals surface area contributed by atoms with Gasteiger partial charge in [-0.15, -0.1) is 0 Å². The van der Waals surface area contributed by atoms with Crippen molar-refractivity contribution in [2.24, 2.45) is 0 Å². The zero-order valence-electron chi connectivity index (χ0n) is 24.7. The van der Waals surface area contributed by atoms with Crippen LogP contribution in [0.2, 0.25) is 0 Å². The van der Waals surface area contributed by atoms with Crippen molar-refractivity contribution < 1.29 is 18.0 Å². The van der Waals surface area contributed by atoms with E-state index in [0.717, 1.165) is 43.2 Å². The molecule has 42 heavy (non-hydrogen) atoms.